The predicted molar refractivity (Wildman–Crippen MR) is 74.2 cm³/mol. The fourth-order valence-corrected chi connectivity index (χ4v) is 3.12. The summed E-state index contributed by atoms with van der Waals surface area (Å²) >= 11 is 1.67. The molecule has 0 aromatic carbocycles. The molecule has 0 radical (unpaired) electrons. The van der Waals surface area contributed by atoms with Crippen LogP contribution in [-0.4, -0.2) is 27.7 Å². The van der Waals surface area contributed by atoms with Gasteiger partial charge in [0.05, 0.1) is 35.9 Å². The minimum atomic E-state index is 0.371. The van der Waals surface area contributed by atoms with E-state index in [4.69, 9.17) is 4.74 Å². The number of thiazole rings is 1. The molecule has 102 valence electrons. The summed E-state index contributed by atoms with van der Waals surface area (Å²) in [5.74, 6) is 0.371. The van der Waals surface area contributed by atoms with Crippen molar-refractivity contribution in [3.8, 4) is 0 Å². The molecular weight excluding hydrogens is 260 g/mol. The number of hydrogen-bond donors (Lipinski definition) is 1. The molecule has 3 heterocycles. The summed E-state index contributed by atoms with van der Waals surface area (Å²) in [5.41, 5.74) is 3.47. The second-order valence-corrected chi connectivity index (χ2v) is 5.95. The third-order valence-electron chi connectivity index (χ3n) is 3.37. The van der Waals surface area contributed by atoms with Crippen molar-refractivity contribution in [2.45, 2.75) is 26.0 Å². The smallest absolute Gasteiger partial charge is 0.0949 e. The number of nitrogens with one attached hydrogen (secondary N) is 1. The summed E-state index contributed by atoms with van der Waals surface area (Å²) in [5, 5.41) is 6.54. The molecule has 1 N–H and O–H groups in total. The molecule has 5 nitrogen and oxygen atoms in total. The van der Waals surface area contributed by atoms with Crippen LogP contribution in [0, 0.1) is 6.92 Å². The minimum absolute atomic E-state index is 0.371. The van der Waals surface area contributed by atoms with E-state index in [1.807, 2.05) is 20.3 Å². The van der Waals surface area contributed by atoms with Crippen LogP contribution >= 0.6 is 11.3 Å². The van der Waals surface area contributed by atoms with Crippen LogP contribution in [0.5, 0.6) is 0 Å². The average molecular weight is 278 g/mol. The molecule has 2 aromatic heterocycles. The molecule has 1 aliphatic rings. The van der Waals surface area contributed by atoms with Gasteiger partial charge in [0.2, 0.25) is 0 Å². The Hall–Kier alpha value is -1.24. The maximum atomic E-state index is 5.82. The molecule has 0 amide bonds. The number of hydrogen-bond acceptors (Lipinski definition) is 5. The van der Waals surface area contributed by atoms with Crippen LogP contribution in [0.3, 0.4) is 0 Å². The van der Waals surface area contributed by atoms with Crippen LogP contribution in [0.2, 0.25) is 0 Å². The van der Waals surface area contributed by atoms with Crippen LogP contribution in [0.4, 0.5) is 0 Å². The Labute approximate surface area is 116 Å². The molecule has 3 rings (SSSR count). The summed E-state index contributed by atoms with van der Waals surface area (Å²) in [6.45, 7) is 5.12. The molecule has 2 aromatic rings. The number of aromatic nitrogens is 3. The summed E-state index contributed by atoms with van der Waals surface area (Å²) in [6, 6.07) is 0. The second-order valence-electron chi connectivity index (χ2n) is 4.89. The SMILES string of the molecule is Cc1nc(COC[C@@H]2CNCc3ncn(C)c32)cs1. The van der Waals surface area contributed by atoms with Gasteiger partial charge in [-0.15, -0.1) is 11.3 Å². The highest BCUT2D eigenvalue weighted by atomic mass is 32.1. The van der Waals surface area contributed by atoms with Crippen molar-refractivity contribution in [2.24, 2.45) is 7.05 Å². The van der Waals surface area contributed by atoms with Gasteiger partial charge in [0.25, 0.3) is 0 Å². The lowest BCUT2D eigenvalue weighted by Gasteiger charge is -2.24. The number of ether oxygens (including phenoxy) is 1. The molecular formula is C13H18N4OS. The van der Waals surface area contributed by atoms with Gasteiger partial charge in [0.1, 0.15) is 0 Å². The minimum Gasteiger partial charge on any atom is -0.374 e. The largest absolute Gasteiger partial charge is 0.374 e. The van der Waals surface area contributed by atoms with Crippen molar-refractivity contribution >= 4 is 11.3 Å². The topological polar surface area (TPSA) is 52.0 Å². The summed E-state index contributed by atoms with van der Waals surface area (Å²) < 4.78 is 7.93. The van der Waals surface area contributed by atoms with E-state index in [0.29, 0.717) is 19.1 Å². The van der Waals surface area contributed by atoms with Crippen molar-refractivity contribution < 1.29 is 4.74 Å². The molecule has 0 saturated heterocycles. The summed E-state index contributed by atoms with van der Waals surface area (Å²) in [6.07, 6.45) is 1.88. The Morgan fingerprint density at radius 3 is 3.26 bits per heavy atom. The molecule has 19 heavy (non-hydrogen) atoms. The molecule has 6 heteroatoms. The Morgan fingerprint density at radius 1 is 1.58 bits per heavy atom. The van der Waals surface area contributed by atoms with Gasteiger partial charge < -0.3 is 14.6 Å². The molecule has 0 fully saturated rings. The summed E-state index contributed by atoms with van der Waals surface area (Å²) in [7, 11) is 2.05. The monoisotopic (exact) mass is 278 g/mol. The standard InChI is InChI=1S/C13H18N4OS/c1-9-16-11(7-19-9)6-18-5-10-3-14-4-12-13(10)17(2)8-15-12/h7-8,10,14H,3-6H2,1-2H3/t10-/m0/s1. The van der Waals surface area contributed by atoms with E-state index in [0.717, 1.165) is 29.5 Å². The third-order valence-corrected chi connectivity index (χ3v) is 4.19. The number of nitrogens with zero attached hydrogens (tertiary/aromatic N) is 3. The second kappa shape index (κ2) is 5.40. The van der Waals surface area contributed by atoms with E-state index in [1.165, 1.54) is 5.69 Å². The zero-order valence-electron chi connectivity index (χ0n) is 11.2. The Kier molecular flexibility index (Phi) is 3.63. The van der Waals surface area contributed by atoms with Gasteiger partial charge >= 0.3 is 0 Å². The molecule has 1 aliphatic heterocycles. The first-order valence-electron chi connectivity index (χ1n) is 6.43. The van der Waals surface area contributed by atoms with Gasteiger partial charge in [-0.1, -0.05) is 0 Å². The highest BCUT2D eigenvalue weighted by Crippen LogP contribution is 2.23. The number of imidazole rings is 1. The molecule has 1 atom stereocenters. The van der Waals surface area contributed by atoms with E-state index in [1.54, 1.807) is 11.3 Å². The maximum Gasteiger partial charge on any atom is 0.0949 e. The molecule has 0 unspecified atom stereocenters. The van der Waals surface area contributed by atoms with E-state index in [-0.39, 0.29) is 0 Å². The molecule has 0 spiro atoms. The Morgan fingerprint density at radius 2 is 2.47 bits per heavy atom. The Bertz CT molecular complexity index is 563. The van der Waals surface area contributed by atoms with Crippen molar-refractivity contribution in [3.63, 3.8) is 0 Å². The fourth-order valence-electron chi connectivity index (χ4n) is 2.53. The lowest BCUT2D eigenvalue weighted by molar-refractivity contribution is 0.101. The number of fused-ring (bicyclic) bond motifs is 1. The first-order chi connectivity index (χ1) is 9.24. The summed E-state index contributed by atoms with van der Waals surface area (Å²) in [4.78, 5) is 8.82. The molecule has 0 aliphatic carbocycles. The first kappa shape index (κ1) is 12.8. The van der Waals surface area contributed by atoms with E-state index < -0.39 is 0 Å². The normalized spacial score (nSPS) is 18.5. The quantitative estimate of drug-likeness (QED) is 0.923. The van der Waals surface area contributed by atoms with Crippen molar-refractivity contribution in [2.75, 3.05) is 13.2 Å². The van der Waals surface area contributed by atoms with Crippen LogP contribution in [-0.2, 0) is 24.9 Å². The van der Waals surface area contributed by atoms with E-state index >= 15 is 0 Å². The highest BCUT2D eigenvalue weighted by molar-refractivity contribution is 7.09. The van der Waals surface area contributed by atoms with Gasteiger partial charge in [0, 0.05) is 37.1 Å². The zero-order valence-corrected chi connectivity index (χ0v) is 12.0. The van der Waals surface area contributed by atoms with Gasteiger partial charge in [-0.3, -0.25) is 0 Å². The lowest BCUT2D eigenvalue weighted by atomic mass is 10.0. The van der Waals surface area contributed by atoms with Crippen molar-refractivity contribution in [1.29, 1.82) is 0 Å². The highest BCUT2D eigenvalue weighted by Gasteiger charge is 2.24. The Balaban J connectivity index is 1.60. The van der Waals surface area contributed by atoms with Crippen LogP contribution in [0.1, 0.15) is 28.0 Å². The fraction of sp³-hybridized carbons (Fsp3) is 0.538. The van der Waals surface area contributed by atoms with Crippen LogP contribution in [0.15, 0.2) is 11.7 Å². The number of aryl methyl sites for hydroxylation is 2. The predicted octanol–water partition coefficient (Wildman–Crippen LogP) is 1.59. The third kappa shape index (κ3) is 2.70. The van der Waals surface area contributed by atoms with Gasteiger partial charge in [-0.2, -0.15) is 0 Å². The van der Waals surface area contributed by atoms with Crippen molar-refractivity contribution in [1.82, 2.24) is 19.9 Å². The van der Waals surface area contributed by atoms with Crippen LogP contribution in [0.25, 0.3) is 0 Å². The molecule has 0 saturated carbocycles. The maximum absolute atomic E-state index is 5.82. The van der Waals surface area contributed by atoms with Gasteiger partial charge in [-0.25, -0.2) is 9.97 Å². The number of rotatable bonds is 4. The first-order valence-corrected chi connectivity index (χ1v) is 7.31. The van der Waals surface area contributed by atoms with Gasteiger partial charge in [-0.05, 0) is 6.92 Å². The van der Waals surface area contributed by atoms with Crippen molar-refractivity contribution in [3.05, 3.63) is 33.8 Å². The van der Waals surface area contributed by atoms with Gasteiger partial charge in [0.15, 0.2) is 0 Å². The average Bonchev–Trinajstić information content (AvgIpc) is 2.97. The lowest BCUT2D eigenvalue weighted by Crippen LogP contribution is -2.31. The van der Waals surface area contributed by atoms with Crippen LogP contribution < -0.4 is 5.32 Å². The van der Waals surface area contributed by atoms with E-state index in [9.17, 15) is 0 Å². The molecule has 0 bridgehead atoms. The zero-order chi connectivity index (χ0) is 13.2. The van der Waals surface area contributed by atoms with E-state index in [2.05, 4.69) is 25.2 Å².